The van der Waals surface area contributed by atoms with Crippen LogP contribution in [0.5, 0.6) is 0 Å². The van der Waals surface area contributed by atoms with Crippen molar-refractivity contribution < 1.29 is 23.4 Å². The van der Waals surface area contributed by atoms with Gasteiger partial charge in [0.05, 0.1) is 11.4 Å². The summed E-state index contributed by atoms with van der Waals surface area (Å²) in [5.41, 5.74) is 2.16. The van der Waals surface area contributed by atoms with Crippen molar-refractivity contribution in [1.29, 1.82) is 0 Å². The van der Waals surface area contributed by atoms with Crippen LogP contribution < -0.4 is 4.90 Å². The second kappa shape index (κ2) is 7.80. The first-order valence-electron chi connectivity index (χ1n) is 9.86. The first-order chi connectivity index (χ1) is 14.2. The predicted octanol–water partition coefficient (Wildman–Crippen LogP) is 4.49. The molecule has 1 aliphatic heterocycles. The van der Waals surface area contributed by atoms with E-state index in [-0.39, 0.29) is 5.71 Å². The Bertz CT molecular complexity index is 1060. The Labute approximate surface area is 185 Å². The number of carbonyl (C=O) groups excluding carboxylic acids is 2. The molecule has 0 spiro atoms. The lowest BCUT2D eigenvalue weighted by atomic mass is 10.00. The fourth-order valence-corrected chi connectivity index (χ4v) is 3.71. The van der Waals surface area contributed by atoms with Crippen LogP contribution in [-0.2, 0) is 20.9 Å². The van der Waals surface area contributed by atoms with E-state index in [0.29, 0.717) is 22.7 Å². The molecule has 31 heavy (non-hydrogen) atoms. The number of carbonyl (C=O) groups is 2. The van der Waals surface area contributed by atoms with Gasteiger partial charge in [-0.25, -0.2) is 9.69 Å². The minimum absolute atomic E-state index is 0.0391. The van der Waals surface area contributed by atoms with Crippen LogP contribution in [0.1, 0.15) is 58.6 Å². The number of hydrogen-bond acceptors (Lipinski definition) is 7. The molecule has 0 radical (unpaired) electrons. The molecule has 0 fully saturated rings. The largest absolute Gasteiger partial charge is 0.591 e. The lowest BCUT2D eigenvalue weighted by molar-refractivity contribution is -0.112. The Morgan fingerprint density at radius 3 is 2.35 bits per heavy atom. The summed E-state index contributed by atoms with van der Waals surface area (Å²) in [5, 5.41) is 3.98. The summed E-state index contributed by atoms with van der Waals surface area (Å²) in [4.78, 5) is 27.0. The molecule has 0 aliphatic carbocycles. The average Bonchev–Trinajstić information content (AvgIpc) is 3.09. The van der Waals surface area contributed by atoms with Crippen LogP contribution in [0.4, 0.5) is 10.5 Å². The molecule has 166 valence electrons. The zero-order chi connectivity index (χ0) is 23.3. The van der Waals surface area contributed by atoms with Crippen LogP contribution in [0.25, 0.3) is 11.1 Å². The van der Waals surface area contributed by atoms with Crippen molar-refractivity contribution in [3.8, 4) is 11.1 Å². The van der Waals surface area contributed by atoms with Gasteiger partial charge in [-0.3, -0.25) is 4.79 Å². The predicted molar refractivity (Wildman–Crippen MR) is 120 cm³/mol. The molecule has 0 saturated carbocycles. The van der Waals surface area contributed by atoms with Crippen molar-refractivity contribution in [2.24, 2.45) is 4.40 Å². The Kier molecular flexibility index (Phi) is 5.79. The Balaban J connectivity index is 2.17. The van der Waals surface area contributed by atoms with E-state index in [2.05, 4.69) is 9.55 Å². The van der Waals surface area contributed by atoms with E-state index >= 15 is 0 Å². The SMILES string of the molecule is Cc1noc(C)c1-c1ccc2c(c1)/C(=N\[S+]([O-])C(C)(C)C)C(=O)N2C(=O)OC(C)(C)C. The molecule has 2 heterocycles. The van der Waals surface area contributed by atoms with Gasteiger partial charge in [-0.2, -0.15) is 0 Å². The lowest BCUT2D eigenvalue weighted by Crippen LogP contribution is -2.40. The molecule has 2 aromatic rings. The average molecular weight is 446 g/mol. The third kappa shape index (κ3) is 4.52. The van der Waals surface area contributed by atoms with Crippen LogP contribution in [0.2, 0.25) is 0 Å². The maximum atomic E-state index is 13.2. The molecule has 0 saturated heterocycles. The van der Waals surface area contributed by atoms with Gasteiger partial charge in [0, 0.05) is 11.1 Å². The first kappa shape index (κ1) is 23.0. The Morgan fingerprint density at radius 1 is 1.19 bits per heavy atom. The summed E-state index contributed by atoms with van der Waals surface area (Å²) in [6.45, 7) is 14.1. The van der Waals surface area contributed by atoms with Gasteiger partial charge in [0.15, 0.2) is 5.71 Å². The van der Waals surface area contributed by atoms with Crippen molar-refractivity contribution in [1.82, 2.24) is 5.16 Å². The van der Waals surface area contributed by atoms with E-state index in [9.17, 15) is 14.1 Å². The van der Waals surface area contributed by atoms with Gasteiger partial charge in [-0.15, -0.1) is 0 Å². The topological polar surface area (TPSA) is 108 Å². The van der Waals surface area contributed by atoms with E-state index in [4.69, 9.17) is 9.26 Å². The summed E-state index contributed by atoms with van der Waals surface area (Å²) in [6, 6.07) is 5.17. The Morgan fingerprint density at radius 2 is 1.84 bits per heavy atom. The number of aryl methyl sites for hydroxylation is 2. The number of hydrogen-bond donors (Lipinski definition) is 0. The first-order valence-corrected chi connectivity index (χ1v) is 11.0. The second-order valence-corrected chi connectivity index (χ2v) is 11.3. The van der Waals surface area contributed by atoms with E-state index < -0.39 is 33.7 Å². The fourth-order valence-electron chi connectivity index (χ4n) is 3.10. The van der Waals surface area contributed by atoms with Crippen molar-refractivity contribution >= 4 is 34.8 Å². The highest BCUT2D eigenvalue weighted by Gasteiger charge is 2.43. The molecule has 0 N–H and O–H groups in total. The van der Waals surface area contributed by atoms with Gasteiger partial charge in [-0.1, -0.05) is 15.6 Å². The van der Waals surface area contributed by atoms with Crippen LogP contribution in [0, 0.1) is 13.8 Å². The number of anilines is 1. The number of nitrogens with zero attached hydrogens (tertiary/aromatic N) is 3. The van der Waals surface area contributed by atoms with Crippen LogP contribution in [0.15, 0.2) is 27.1 Å². The normalized spacial score (nSPS) is 16.6. The van der Waals surface area contributed by atoms with Gasteiger partial charge in [0.25, 0.3) is 5.91 Å². The van der Waals surface area contributed by atoms with Gasteiger partial charge >= 0.3 is 6.09 Å². The van der Waals surface area contributed by atoms with Gasteiger partial charge in [0.1, 0.15) is 27.5 Å². The van der Waals surface area contributed by atoms with Crippen molar-refractivity contribution in [2.45, 2.75) is 65.7 Å². The van der Waals surface area contributed by atoms with E-state index in [1.165, 1.54) is 0 Å². The summed E-state index contributed by atoms with van der Waals surface area (Å²) in [7, 11) is 0. The lowest BCUT2D eigenvalue weighted by Gasteiger charge is -2.23. The quantitative estimate of drug-likeness (QED) is 0.630. The van der Waals surface area contributed by atoms with E-state index in [1.54, 1.807) is 66.7 Å². The highest BCUT2D eigenvalue weighted by Crippen LogP contribution is 2.37. The molecule has 2 amide bonds. The molecule has 8 nitrogen and oxygen atoms in total. The molecule has 1 aromatic carbocycles. The monoisotopic (exact) mass is 445 g/mol. The van der Waals surface area contributed by atoms with Gasteiger partial charge in [0.2, 0.25) is 0 Å². The molecule has 9 heteroatoms. The number of aromatic nitrogens is 1. The molecule has 1 aliphatic rings. The summed E-state index contributed by atoms with van der Waals surface area (Å²) in [6.07, 6.45) is -0.810. The van der Waals surface area contributed by atoms with Gasteiger partial charge < -0.3 is 13.8 Å². The van der Waals surface area contributed by atoms with E-state index in [1.807, 2.05) is 6.92 Å². The summed E-state index contributed by atoms with van der Waals surface area (Å²) >= 11 is -1.70. The fraction of sp³-hybridized carbons (Fsp3) is 0.455. The molecule has 0 bridgehead atoms. The smallest absolute Gasteiger partial charge is 0.422 e. The second-order valence-electron chi connectivity index (χ2n) is 9.35. The third-order valence-electron chi connectivity index (χ3n) is 4.49. The molecule has 1 atom stereocenters. The number of fused-ring (bicyclic) bond motifs is 1. The van der Waals surface area contributed by atoms with Crippen LogP contribution in [-0.4, -0.2) is 37.8 Å². The third-order valence-corrected chi connectivity index (χ3v) is 5.89. The molecular formula is C22H27N3O5S. The number of imide groups is 1. The number of amides is 2. The number of rotatable bonds is 2. The zero-order valence-corrected chi connectivity index (χ0v) is 19.8. The Hall–Kier alpha value is -2.65. The van der Waals surface area contributed by atoms with E-state index in [0.717, 1.165) is 16.0 Å². The highest BCUT2D eigenvalue weighted by molar-refractivity contribution is 7.91. The zero-order valence-electron chi connectivity index (χ0n) is 19.0. The number of benzene rings is 1. The summed E-state index contributed by atoms with van der Waals surface area (Å²) in [5.74, 6) is -0.0414. The molecule has 1 unspecified atom stereocenters. The minimum Gasteiger partial charge on any atom is -0.591 e. The van der Waals surface area contributed by atoms with Crippen molar-refractivity contribution in [2.75, 3.05) is 4.90 Å². The van der Waals surface area contributed by atoms with Crippen molar-refractivity contribution in [3.05, 3.63) is 35.2 Å². The maximum absolute atomic E-state index is 13.2. The van der Waals surface area contributed by atoms with Crippen LogP contribution >= 0.6 is 0 Å². The number of ether oxygens (including phenoxy) is 1. The molecule has 3 rings (SSSR count). The molecule has 1 aromatic heterocycles. The minimum atomic E-state index is -1.70. The summed E-state index contributed by atoms with van der Waals surface area (Å²) < 4.78 is 26.9. The van der Waals surface area contributed by atoms with Crippen molar-refractivity contribution in [3.63, 3.8) is 0 Å². The maximum Gasteiger partial charge on any atom is 0.422 e. The van der Waals surface area contributed by atoms with Gasteiger partial charge in [-0.05, 0) is 73.1 Å². The highest BCUT2D eigenvalue weighted by atomic mass is 32.2. The molecular weight excluding hydrogens is 418 g/mol. The standard InChI is InChI=1S/C22H27N3O5S/c1-12-17(13(2)30-23-12)14-9-10-16-15(11-14)18(24-31(28)22(6,7)8)19(26)25(16)20(27)29-21(3,4)5/h9-11H,1-8H3/b24-18+. The van der Waals surface area contributed by atoms with Crippen LogP contribution in [0.3, 0.4) is 0 Å².